The second-order valence-corrected chi connectivity index (χ2v) is 7.25. The van der Waals surface area contributed by atoms with Gasteiger partial charge in [0.05, 0.1) is 10.0 Å². The predicted molar refractivity (Wildman–Crippen MR) is 101 cm³/mol. The van der Waals surface area contributed by atoms with Gasteiger partial charge in [0.1, 0.15) is 12.4 Å². The van der Waals surface area contributed by atoms with E-state index >= 15 is 0 Å². The lowest BCUT2D eigenvalue weighted by atomic mass is 9.99. The van der Waals surface area contributed by atoms with Crippen LogP contribution in [0.15, 0.2) is 42.5 Å². The molecule has 24 heavy (non-hydrogen) atoms. The Morgan fingerprint density at radius 2 is 1.79 bits per heavy atom. The fraction of sp³-hybridized carbons (Fsp3) is 0.400. The first-order valence-electron chi connectivity index (χ1n) is 8.57. The average Bonchev–Trinajstić information content (AvgIpc) is 3.10. The van der Waals surface area contributed by atoms with Crippen molar-refractivity contribution in [3.05, 3.63) is 63.6 Å². The van der Waals surface area contributed by atoms with Gasteiger partial charge in [-0.05, 0) is 80.1 Å². The molecule has 0 radical (unpaired) electrons. The molecule has 0 saturated carbocycles. The highest BCUT2D eigenvalue weighted by Crippen LogP contribution is 2.24. The summed E-state index contributed by atoms with van der Waals surface area (Å²) in [6, 6.07) is 14.0. The Labute approximate surface area is 154 Å². The summed E-state index contributed by atoms with van der Waals surface area (Å²) in [4.78, 5) is 0. The van der Waals surface area contributed by atoms with Crippen molar-refractivity contribution in [3.8, 4) is 5.75 Å². The Kier molecular flexibility index (Phi) is 6.42. The van der Waals surface area contributed by atoms with E-state index in [1.807, 2.05) is 24.3 Å². The highest BCUT2D eigenvalue weighted by molar-refractivity contribution is 6.42. The summed E-state index contributed by atoms with van der Waals surface area (Å²) in [7, 11) is 0. The third kappa shape index (κ3) is 5.14. The van der Waals surface area contributed by atoms with Crippen LogP contribution in [0.25, 0.3) is 0 Å². The zero-order chi connectivity index (χ0) is 16.8. The summed E-state index contributed by atoms with van der Waals surface area (Å²) in [5.41, 5.74) is 2.39. The zero-order valence-corrected chi connectivity index (χ0v) is 15.2. The van der Waals surface area contributed by atoms with Gasteiger partial charge in [0.2, 0.25) is 0 Å². The van der Waals surface area contributed by atoms with Crippen molar-refractivity contribution in [2.75, 3.05) is 13.1 Å². The third-order valence-electron chi connectivity index (χ3n) is 4.55. The third-order valence-corrected chi connectivity index (χ3v) is 5.29. The zero-order valence-electron chi connectivity index (χ0n) is 13.7. The minimum Gasteiger partial charge on any atom is -0.489 e. The molecule has 1 unspecified atom stereocenters. The van der Waals surface area contributed by atoms with Crippen LogP contribution in [0.1, 0.15) is 30.4 Å². The van der Waals surface area contributed by atoms with E-state index in [1.54, 1.807) is 6.07 Å². The van der Waals surface area contributed by atoms with Crippen LogP contribution in [0.5, 0.6) is 5.75 Å². The standard InChI is InChI=1S/C20H23Cl2NO/c21-19-9-6-17(12-20(19)22)14-24-18-7-4-15(5-8-18)2-1-3-16-10-11-23-13-16/h4-9,12,16,23H,1-3,10-11,13-14H2. The van der Waals surface area contributed by atoms with Gasteiger partial charge in [-0.25, -0.2) is 0 Å². The van der Waals surface area contributed by atoms with Gasteiger partial charge < -0.3 is 10.1 Å². The molecule has 0 aromatic heterocycles. The Hall–Kier alpha value is -1.22. The molecular weight excluding hydrogens is 341 g/mol. The van der Waals surface area contributed by atoms with E-state index < -0.39 is 0 Å². The number of halogens is 2. The van der Waals surface area contributed by atoms with E-state index in [-0.39, 0.29) is 0 Å². The van der Waals surface area contributed by atoms with Gasteiger partial charge in [0.15, 0.2) is 0 Å². The van der Waals surface area contributed by atoms with Crippen molar-refractivity contribution >= 4 is 23.2 Å². The van der Waals surface area contributed by atoms with Crippen LogP contribution in [0.3, 0.4) is 0 Å². The maximum absolute atomic E-state index is 6.02. The monoisotopic (exact) mass is 363 g/mol. The average molecular weight is 364 g/mol. The lowest BCUT2D eigenvalue weighted by Crippen LogP contribution is -2.08. The first-order valence-corrected chi connectivity index (χ1v) is 9.33. The van der Waals surface area contributed by atoms with Crippen LogP contribution in [0.4, 0.5) is 0 Å². The molecule has 1 heterocycles. The Balaban J connectivity index is 1.44. The SMILES string of the molecule is Clc1ccc(COc2ccc(CCCC3CCNC3)cc2)cc1Cl. The van der Waals surface area contributed by atoms with Crippen molar-refractivity contribution in [2.45, 2.75) is 32.3 Å². The molecule has 128 valence electrons. The topological polar surface area (TPSA) is 21.3 Å². The van der Waals surface area contributed by atoms with Gasteiger partial charge in [0, 0.05) is 0 Å². The molecule has 1 N–H and O–H groups in total. The fourth-order valence-electron chi connectivity index (χ4n) is 3.10. The number of rotatable bonds is 7. The Bertz CT molecular complexity index is 651. The van der Waals surface area contributed by atoms with Gasteiger partial charge in [-0.2, -0.15) is 0 Å². The largest absolute Gasteiger partial charge is 0.489 e. The Morgan fingerprint density at radius 3 is 2.50 bits per heavy atom. The first kappa shape index (κ1) is 17.6. The predicted octanol–water partition coefficient (Wildman–Crippen LogP) is 5.50. The molecule has 0 aliphatic carbocycles. The first-order chi connectivity index (χ1) is 11.7. The maximum atomic E-state index is 6.02. The summed E-state index contributed by atoms with van der Waals surface area (Å²) >= 11 is 11.9. The molecule has 2 nitrogen and oxygen atoms in total. The quantitative estimate of drug-likeness (QED) is 0.700. The summed E-state index contributed by atoms with van der Waals surface area (Å²) in [5, 5.41) is 4.56. The van der Waals surface area contributed by atoms with Crippen LogP contribution < -0.4 is 10.1 Å². The van der Waals surface area contributed by atoms with E-state index in [4.69, 9.17) is 27.9 Å². The molecule has 1 aliphatic heterocycles. The van der Waals surface area contributed by atoms with Gasteiger partial charge >= 0.3 is 0 Å². The number of nitrogens with one attached hydrogen (secondary N) is 1. The van der Waals surface area contributed by atoms with Crippen LogP contribution >= 0.6 is 23.2 Å². The Morgan fingerprint density at radius 1 is 1.00 bits per heavy atom. The molecule has 2 aromatic carbocycles. The normalized spacial score (nSPS) is 17.2. The molecule has 3 rings (SSSR count). The van der Waals surface area contributed by atoms with Crippen LogP contribution in [-0.2, 0) is 13.0 Å². The number of hydrogen-bond acceptors (Lipinski definition) is 2. The van der Waals surface area contributed by atoms with Crippen LogP contribution in [-0.4, -0.2) is 13.1 Å². The summed E-state index contributed by atoms with van der Waals surface area (Å²) in [5.74, 6) is 1.75. The minimum atomic E-state index is 0.491. The molecule has 1 saturated heterocycles. The lowest BCUT2D eigenvalue weighted by molar-refractivity contribution is 0.306. The highest BCUT2D eigenvalue weighted by Gasteiger charge is 2.13. The number of aryl methyl sites for hydroxylation is 1. The summed E-state index contributed by atoms with van der Waals surface area (Å²) in [6.07, 6.45) is 5.06. The van der Waals surface area contributed by atoms with E-state index in [0.717, 1.165) is 23.7 Å². The second-order valence-electron chi connectivity index (χ2n) is 6.43. The molecule has 0 amide bonds. The highest BCUT2D eigenvalue weighted by atomic mass is 35.5. The van der Waals surface area contributed by atoms with Crippen molar-refractivity contribution in [1.29, 1.82) is 0 Å². The van der Waals surface area contributed by atoms with Crippen molar-refractivity contribution < 1.29 is 4.74 Å². The van der Waals surface area contributed by atoms with E-state index in [2.05, 4.69) is 17.4 Å². The summed E-state index contributed by atoms with van der Waals surface area (Å²) < 4.78 is 5.82. The lowest BCUT2D eigenvalue weighted by Gasteiger charge is -2.09. The van der Waals surface area contributed by atoms with E-state index in [1.165, 1.54) is 37.9 Å². The van der Waals surface area contributed by atoms with Crippen LogP contribution in [0, 0.1) is 5.92 Å². The summed E-state index contributed by atoms with van der Waals surface area (Å²) in [6.45, 7) is 2.88. The van der Waals surface area contributed by atoms with Gasteiger partial charge in [-0.1, -0.05) is 41.4 Å². The molecule has 1 aliphatic rings. The second kappa shape index (κ2) is 8.75. The number of hydrogen-bond donors (Lipinski definition) is 1. The molecule has 4 heteroatoms. The maximum Gasteiger partial charge on any atom is 0.119 e. The van der Waals surface area contributed by atoms with Crippen LogP contribution in [0.2, 0.25) is 10.0 Å². The number of ether oxygens (including phenoxy) is 1. The minimum absolute atomic E-state index is 0.491. The van der Waals surface area contributed by atoms with E-state index in [9.17, 15) is 0 Å². The molecule has 1 atom stereocenters. The van der Waals surface area contributed by atoms with Gasteiger partial charge in [-0.3, -0.25) is 0 Å². The molecule has 2 aromatic rings. The van der Waals surface area contributed by atoms with Gasteiger partial charge in [0.25, 0.3) is 0 Å². The molecule has 0 spiro atoms. The molecule has 1 fully saturated rings. The molecular formula is C20H23Cl2NO. The molecule has 0 bridgehead atoms. The fourth-order valence-corrected chi connectivity index (χ4v) is 3.42. The van der Waals surface area contributed by atoms with Crippen molar-refractivity contribution in [1.82, 2.24) is 5.32 Å². The smallest absolute Gasteiger partial charge is 0.119 e. The number of benzene rings is 2. The van der Waals surface area contributed by atoms with E-state index in [0.29, 0.717) is 16.7 Å². The van der Waals surface area contributed by atoms with Crippen molar-refractivity contribution in [3.63, 3.8) is 0 Å². The van der Waals surface area contributed by atoms with Crippen molar-refractivity contribution in [2.24, 2.45) is 5.92 Å². The van der Waals surface area contributed by atoms with Gasteiger partial charge in [-0.15, -0.1) is 0 Å².